The molecule has 3 nitrogen and oxygen atoms in total. The third-order valence-electron chi connectivity index (χ3n) is 4.45. The lowest BCUT2D eigenvalue weighted by atomic mass is 9.84. The van der Waals surface area contributed by atoms with Gasteiger partial charge >= 0.3 is 0 Å². The summed E-state index contributed by atoms with van der Waals surface area (Å²) in [5, 5.41) is 1.04. The van der Waals surface area contributed by atoms with Crippen molar-refractivity contribution in [3.63, 3.8) is 0 Å². The van der Waals surface area contributed by atoms with E-state index in [9.17, 15) is 0 Å². The molecular formula is C24H32N2OS. The molecule has 0 fully saturated rings. The van der Waals surface area contributed by atoms with E-state index in [0.29, 0.717) is 6.61 Å². The van der Waals surface area contributed by atoms with Gasteiger partial charge in [0.1, 0.15) is 17.4 Å². The zero-order chi connectivity index (χ0) is 20.7. The number of aromatic nitrogens is 1. The van der Waals surface area contributed by atoms with Gasteiger partial charge in [-0.3, -0.25) is 0 Å². The quantitative estimate of drug-likeness (QED) is 0.569. The predicted molar refractivity (Wildman–Crippen MR) is 123 cm³/mol. The Morgan fingerprint density at radius 3 is 2.43 bits per heavy atom. The van der Waals surface area contributed by atoms with Gasteiger partial charge in [0.05, 0.1) is 10.6 Å². The van der Waals surface area contributed by atoms with Gasteiger partial charge in [0.2, 0.25) is 0 Å². The lowest BCUT2D eigenvalue weighted by Crippen LogP contribution is -2.08. The highest BCUT2D eigenvalue weighted by atomic mass is 32.1. The van der Waals surface area contributed by atoms with Crippen molar-refractivity contribution >= 4 is 22.6 Å². The summed E-state index contributed by atoms with van der Waals surface area (Å²) in [6.45, 7) is 13.3. The summed E-state index contributed by atoms with van der Waals surface area (Å²) in [6.07, 6.45) is 9.83. The van der Waals surface area contributed by atoms with Gasteiger partial charge in [0.25, 0.3) is 0 Å². The van der Waals surface area contributed by atoms with Crippen LogP contribution >= 0.6 is 11.3 Å². The minimum absolute atomic E-state index is 0.188. The SMILES string of the molecule is CC.Cc1nc(C2=CC=C(C(C)(C)C)CC=C2)sc1COc1ccc(N)cc1. The van der Waals surface area contributed by atoms with E-state index in [1.165, 1.54) is 5.57 Å². The third kappa shape index (κ3) is 5.83. The monoisotopic (exact) mass is 396 g/mol. The summed E-state index contributed by atoms with van der Waals surface area (Å²) in [5.41, 5.74) is 10.3. The Labute approximate surface area is 173 Å². The van der Waals surface area contributed by atoms with Crippen molar-refractivity contribution in [2.75, 3.05) is 5.73 Å². The van der Waals surface area contributed by atoms with Crippen LogP contribution in [-0.4, -0.2) is 4.98 Å². The molecule has 0 bridgehead atoms. The number of aryl methyl sites for hydroxylation is 1. The maximum atomic E-state index is 5.88. The first kappa shape index (κ1) is 22.0. The molecule has 0 atom stereocenters. The molecule has 1 aromatic heterocycles. The molecule has 0 amide bonds. The lowest BCUT2D eigenvalue weighted by Gasteiger charge is -2.21. The molecule has 1 aromatic carbocycles. The molecule has 1 aliphatic rings. The molecule has 0 saturated carbocycles. The van der Waals surface area contributed by atoms with Crippen LogP contribution in [0.1, 0.15) is 56.6 Å². The maximum Gasteiger partial charge on any atom is 0.124 e. The highest BCUT2D eigenvalue weighted by Gasteiger charge is 2.17. The Balaban J connectivity index is 0.00000136. The summed E-state index contributed by atoms with van der Waals surface area (Å²) in [5.74, 6) is 0.819. The lowest BCUT2D eigenvalue weighted by molar-refractivity contribution is 0.309. The van der Waals surface area contributed by atoms with Crippen molar-refractivity contribution in [3.8, 4) is 5.75 Å². The van der Waals surface area contributed by atoms with Crippen LogP contribution in [0.15, 0.2) is 54.1 Å². The van der Waals surface area contributed by atoms with Crippen LogP contribution in [-0.2, 0) is 6.61 Å². The van der Waals surface area contributed by atoms with Crippen molar-refractivity contribution < 1.29 is 4.74 Å². The van der Waals surface area contributed by atoms with Gasteiger partial charge in [0, 0.05) is 11.3 Å². The fourth-order valence-corrected chi connectivity index (χ4v) is 3.71. The molecule has 28 heavy (non-hydrogen) atoms. The van der Waals surface area contributed by atoms with Crippen molar-refractivity contribution in [3.05, 3.63) is 69.7 Å². The topological polar surface area (TPSA) is 48.1 Å². The number of hydrogen-bond acceptors (Lipinski definition) is 4. The second-order valence-corrected chi connectivity index (χ2v) is 8.64. The van der Waals surface area contributed by atoms with E-state index in [4.69, 9.17) is 15.5 Å². The van der Waals surface area contributed by atoms with Gasteiger partial charge in [-0.25, -0.2) is 4.98 Å². The number of anilines is 1. The van der Waals surface area contributed by atoms with E-state index < -0.39 is 0 Å². The molecular weight excluding hydrogens is 364 g/mol. The molecule has 2 N–H and O–H groups in total. The van der Waals surface area contributed by atoms with Crippen LogP contribution < -0.4 is 10.5 Å². The molecule has 3 rings (SSSR count). The Morgan fingerprint density at radius 1 is 1.11 bits per heavy atom. The molecule has 0 unspecified atom stereocenters. The summed E-state index contributed by atoms with van der Waals surface area (Å²) < 4.78 is 5.88. The first-order valence-electron chi connectivity index (χ1n) is 9.86. The average Bonchev–Trinajstić information content (AvgIpc) is 2.87. The molecule has 1 heterocycles. The van der Waals surface area contributed by atoms with Gasteiger partial charge in [0.15, 0.2) is 0 Å². The highest BCUT2D eigenvalue weighted by molar-refractivity contribution is 7.12. The standard InChI is InChI=1S/C22H26N2OS.C2H6/c1-15-20(14-25-19-12-10-18(23)11-13-19)26-21(24-15)16-6-5-7-17(9-8-16)22(2,3)4;1-2/h5-6,8-13H,7,14,23H2,1-4H3;1-2H3. The van der Waals surface area contributed by atoms with Crippen molar-refractivity contribution in [2.45, 2.75) is 54.6 Å². The molecule has 150 valence electrons. The van der Waals surface area contributed by atoms with Crippen LogP contribution in [0.3, 0.4) is 0 Å². The van der Waals surface area contributed by atoms with Gasteiger partial charge in [-0.15, -0.1) is 11.3 Å². The van der Waals surface area contributed by atoms with Crippen LogP contribution in [0.5, 0.6) is 5.75 Å². The van der Waals surface area contributed by atoms with E-state index in [1.807, 2.05) is 45.0 Å². The predicted octanol–water partition coefficient (Wildman–Crippen LogP) is 6.95. The van der Waals surface area contributed by atoms with Crippen molar-refractivity contribution in [2.24, 2.45) is 5.41 Å². The molecule has 2 aromatic rings. The van der Waals surface area contributed by atoms with Crippen molar-refractivity contribution in [1.82, 2.24) is 4.98 Å². The highest BCUT2D eigenvalue weighted by Crippen LogP contribution is 2.33. The first-order valence-corrected chi connectivity index (χ1v) is 10.7. The number of nitrogens with two attached hydrogens (primary N) is 1. The minimum atomic E-state index is 0.188. The van der Waals surface area contributed by atoms with Gasteiger partial charge in [-0.1, -0.05) is 64.5 Å². The second kappa shape index (κ2) is 9.74. The van der Waals surface area contributed by atoms with E-state index in [1.54, 1.807) is 11.3 Å². The zero-order valence-corrected chi connectivity index (χ0v) is 18.7. The first-order chi connectivity index (χ1) is 13.3. The normalized spacial score (nSPS) is 13.8. The van der Waals surface area contributed by atoms with E-state index in [-0.39, 0.29) is 5.41 Å². The zero-order valence-electron chi connectivity index (χ0n) is 17.9. The third-order valence-corrected chi connectivity index (χ3v) is 5.63. The Hall–Kier alpha value is -2.33. The van der Waals surface area contributed by atoms with Gasteiger partial charge < -0.3 is 10.5 Å². The van der Waals surface area contributed by atoms with Gasteiger partial charge in [-0.05, 0) is 43.0 Å². The van der Waals surface area contributed by atoms with E-state index in [0.717, 1.165) is 39.0 Å². The van der Waals surface area contributed by atoms with Gasteiger partial charge in [-0.2, -0.15) is 0 Å². The Morgan fingerprint density at radius 2 is 1.79 bits per heavy atom. The number of thiazole rings is 1. The molecule has 0 saturated heterocycles. The summed E-state index contributed by atoms with van der Waals surface area (Å²) in [7, 11) is 0. The number of benzene rings is 1. The molecule has 0 radical (unpaired) electrons. The van der Waals surface area contributed by atoms with E-state index >= 15 is 0 Å². The fourth-order valence-electron chi connectivity index (χ4n) is 2.72. The van der Waals surface area contributed by atoms with Crippen LogP contribution in [0.4, 0.5) is 5.69 Å². The summed E-state index contributed by atoms with van der Waals surface area (Å²) in [4.78, 5) is 5.91. The van der Waals surface area contributed by atoms with E-state index in [2.05, 4.69) is 45.1 Å². The maximum absolute atomic E-state index is 5.88. The molecule has 1 aliphatic carbocycles. The summed E-state index contributed by atoms with van der Waals surface area (Å²) in [6, 6.07) is 7.48. The number of hydrogen-bond donors (Lipinski definition) is 1. The number of rotatable bonds is 4. The minimum Gasteiger partial charge on any atom is -0.488 e. The number of allylic oxidation sites excluding steroid dienone is 6. The molecule has 0 spiro atoms. The van der Waals surface area contributed by atoms with Crippen LogP contribution in [0.2, 0.25) is 0 Å². The molecule has 4 heteroatoms. The smallest absolute Gasteiger partial charge is 0.124 e. The number of nitrogen functional groups attached to an aromatic ring is 1. The Bertz CT molecular complexity index is 865. The number of nitrogens with zero attached hydrogens (tertiary/aromatic N) is 1. The largest absolute Gasteiger partial charge is 0.488 e. The summed E-state index contributed by atoms with van der Waals surface area (Å²) >= 11 is 1.70. The second-order valence-electron chi connectivity index (χ2n) is 7.56. The van der Waals surface area contributed by atoms with Crippen LogP contribution in [0.25, 0.3) is 5.57 Å². The molecule has 0 aliphatic heterocycles. The average molecular weight is 397 g/mol. The van der Waals surface area contributed by atoms with Crippen LogP contribution in [0, 0.1) is 12.3 Å². The fraction of sp³-hybridized carbons (Fsp3) is 0.375. The van der Waals surface area contributed by atoms with Crippen molar-refractivity contribution in [1.29, 1.82) is 0 Å². The Kier molecular flexibility index (Phi) is 7.64. The number of ether oxygens (including phenoxy) is 1.